The maximum atomic E-state index is 13.6. The molecule has 3 N–H and O–H groups in total. The van der Waals surface area contributed by atoms with E-state index in [0.29, 0.717) is 6.54 Å². The number of halogens is 1. The average molecular weight is 335 g/mol. The van der Waals surface area contributed by atoms with Gasteiger partial charge < -0.3 is 15.7 Å². The van der Waals surface area contributed by atoms with Crippen molar-refractivity contribution in [3.63, 3.8) is 0 Å². The number of hydrogen-bond acceptors (Lipinski definition) is 5. The maximum absolute atomic E-state index is 13.6. The summed E-state index contributed by atoms with van der Waals surface area (Å²) in [5.41, 5.74) is 4.83. The van der Waals surface area contributed by atoms with Gasteiger partial charge in [-0.25, -0.2) is 9.37 Å². The predicted octanol–water partition coefficient (Wildman–Crippen LogP) is 1.41. The van der Waals surface area contributed by atoms with Gasteiger partial charge in [0.05, 0.1) is 22.2 Å². The van der Waals surface area contributed by atoms with E-state index in [0.717, 1.165) is 21.7 Å². The van der Waals surface area contributed by atoms with Crippen LogP contribution in [0.25, 0.3) is 10.4 Å². The van der Waals surface area contributed by atoms with Gasteiger partial charge in [0, 0.05) is 13.1 Å². The van der Waals surface area contributed by atoms with E-state index in [1.54, 1.807) is 11.3 Å². The number of β-amino-alcohol motifs (C(OH)–C–C–N with tert-alkyl or cyclic N) is 1. The van der Waals surface area contributed by atoms with Crippen LogP contribution in [0, 0.1) is 6.92 Å². The monoisotopic (exact) mass is 335 g/mol. The van der Waals surface area contributed by atoms with Crippen LogP contribution in [0.15, 0.2) is 29.8 Å². The van der Waals surface area contributed by atoms with Crippen molar-refractivity contribution >= 4 is 17.2 Å². The number of aliphatic hydroxyl groups is 1. The normalized spacial score (nSPS) is 23.9. The van der Waals surface area contributed by atoms with Crippen LogP contribution in [0.1, 0.15) is 11.3 Å². The van der Waals surface area contributed by atoms with Gasteiger partial charge in [-0.15, -0.1) is 11.3 Å². The van der Waals surface area contributed by atoms with E-state index in [4.69, 9.17) is 0 Å². The molecule has 23 heavy (non-hydrogen) atoms. The average Bonchev–Trinajstić information content (AvgIpc) is 3.12. The summed E-state index contributed by atoms with van der Waals surface area (Å²) in [6.07, 6.45) is -2.68. The largest absolute Gasteiger partial charge is 0.389 e. The Bertz CT molecular complexity index is 689. The highest BCUT2D eigenvalue weighted by Gasteiger charge is 2.39. The zero-order chi connectivity index (χ0) is 16.4. The number of carbonyl (C=O) groups excluding carboxylic acids is 1. The van der Waals surface area contributed by atoms with Crippen LogP contribution in [-0.4, -0.2) is 40.9 Å². The lowest BCUT2D eigenvalue weighted by atomic mass is 10.1. The van der Waals surface area contributed by atoms with Crippen LogP contribution in [0.3, 0.4) is 0 Å². The lowest BCUT2D eigenvalue weighted by molar-refractivity contribution is -0.124. The molecule has 0 radical (unpaired) electrons. The molecule has 5 nitrogen and oxygen atoms in total. The van der Waals surface area contributed by atoms with E-state index in [1.165, 1.54) is 0 Å². The van der Waals surface area contributed by atoms with Gasteiger partial charge in [0.1, 0.15) is 6.04 Å². The number of aliphatic hydroxyl groups excluding tert-OH is 1. The maximum Gasteiger partial charge on any atom is 0.240 e. The van der Waals surface area contributed by atoms with Crippen molar-refractivity contribution in [3.8, 4) is 10.4 Å². The third-order valence-corrected chi connectivity index (χ3v) is 4.92. The number of thiazole rings is 1. The van der Waals surface area contributed by atoms with Crippen LogP contribution in [0.5, 0.6) is 0 Å². The zero-order valence-corrected chi connectivity index (χ0v) is 13.4. The van der Waals surface area contributed by atoms with Crippen molar-refractivity contribution in [2.24, 2.45) is 0 Å². The summed E-state index contributed by atoms with van der Waals surface area (Å²) < 4.78 is 13.6. The summed E-state index contributed by atoms with van der Waals surface area (Å²) in [5, 5.41) is 14.7. The van der Waals surface area contributed by atoms with Gasteiger partial charge in [0.25, 0.3) is 0 Å². The number of alkyl halides is 1. The molecular weight excluding hydrogens is 317 g/mol. The van der Waals surface area contributed by atoms with E-state index < -0.39 is 24.2 Å². The highest BCUT2D eigenvalue weighted by Crippen LogP contribution is 2.27. The molecule has 0 aliphatic carbocycles. The van der Waals surface area contributed by atoms with Gasteiger partial charge in [0.15, 0.2) is 6.17 Å². The number of aromatic nitrogens is 1. The van der Waals surface area contributed by atoms with Gasteiger partial charge in [-0.1, -0.05) is 24.3 Å². The molecule has 0 spiro atoms. The number of aryl methyl sites for hydroxylation is 1. The minimum absolute atomic E-state index is 0.0994. The summed E-state index contributed by atoms with van der Waals surface area (Å²) >= 11 is 1.59. The molecule has 7 heteroatoms. The Morgan fingerprint density at radius 2 is 2.22 bits per heavy atom. The SMILES string of the molecule is Cc1ncsc1-c1ccc(CNC(=O)[C@H]2NCC(O)C2F)cc1. The molecule has 1 aliphatic heterocycles. The number of benzene rings is 1. The van der Waals surface area contributed by atoms with Gasteiger partial charge in [0.2, 0.25) is 5.91 Å². The topological polar surface area (TPSA) is 74.2 Å². The van der Waals surface area contributed by atoms with E-state index in [9.17, 15) is 14.3 Å². The summed E-state index contributed by atoms with van der Waals surface area (Å²) in [5.74, 6) is -0.434. The first-order valence-corrected chi connectivity index (χ1v) is 8.27. The first-order valence-electron chi connectivity index (χ1n) is 7.39. The molecule has 1 aromatic carbocycles. The van der Waals surface area contributed by atoms with Crippen LogP contribution in [-0.2, 0) is 11.3 Å². The van der Waals surface area contributed by atoms with Crippen LogP contribution in [0.4, 0.5) is 4.39 Å². The fourth-order valence-electron chi connectivity index (χ4n) is 2.58. The third kappa shape index (κ3) is 3.41. The molecule has 3 atom stereocenters. The number of hydrogen-bond donors (Lipinski definition) is 3. The molecule has 3 rings (SSSR count). The molecule has 0 bridgehead atoms. The molecule has 1 aliphatic rings. The van der Waals surface area contributed by atoms with Gasteiger partial charge >= 0.3 is 0 Å². The Hall–Kier alpha value is -1.83. The molecule has 1 fully saturated rings. The predicted molar refractivity (Wildman–Crippen MR) is 86.8 cm³/mol. The first kappa shape index (κ1) is 16.0. The lowest BCUT2D eigenvalue weighted by Gasteiger charge is -2.14. The van der Waals surface area contributed by atoms with Gasteiger partial charge in [-0.2, -0.15) is 0 Å². The zero-order valence-electron chi connectivity index (χ0n) is 12.6. The van der Waals surface area contributed by atoms with E-state index in [2.05, 4.69) is 15.6 Å². The molecule has 2 unspecified atom stereocenters. The van der Waals surface area contributed by atoms with Crippen molar-refractivity contribution in [2.75, 3.05) is 6.54 Å². The second-order valence-corrected chi connectivity index (χ2v) is 6.43. The second kappa shape index (κ2) is 6.74. The van der Waals surface area contributed by atoms with Crippen LogP contribution >= 0.6 is 11.3 Å². The van der Waals surface area contributed by atoms with Crippen molar-refractivity contribution < 1.29 is 14.3 Å². The fraction of sp³-hybridized carbons (Fsp3) is 0.375. The Morgan fingerprint density at radius 3 is 2.78 bits per heavy atom. The highest BCUT2D eigenvalue weighted by molar-refractivity contribution is 7.13. The van der Waals surface area contributed by atoms with Crippen molar-refractivity contribution in [2.45, 2.75) is 31.8 Å². The molecule has 1 amide bonds. The molecule has 2 aromatic rings. The van der Waals surface area contributed by atoms with Gasteiger partial charge in [-0.3, -0.25) is 4.79 Å². The molecule has 0 saturated carbocycles. The standard InChI is InChI=1S/C16H18FN3O2S/c1-9-15(23-8-20-9)11-4-2-10(3-5-11)6-19-16(22)14-13(17)12(21)7-18-14/h2-5,8,12-14,18,21H,6-7H2,1H3,(H,19,22)/t12?,13?,14-/m0/s1. The summed E-state index contributed by atoms with van der Waals surface area (Å²) in [7, 11) is 0. The third-order valence-electron chi connectivity index (χ3n) is 3.94. The summed E-state index contributed by atoms with van der Waals surface area (Å²) in [6, 6.07) is 6.84. The molecule has 1 aromatic heterocycles. The number of carbonyl (C=O) groups is 1. The Morgan fingerprint density at radius 1 is 1.48 bits per heavy atom. The molecule has 2 heterocycles. The Labute approximate surface area is 137 Å². The van der Waals surface area contributed by atoms with Crippen LogP contribution in [0.2, 0.25) is 0 Å². The minimum Gasteiger partial charge on any atom is -0.389 e. The minimum atomic E-state index is -1.56. The molecular formula is C16H18FN3O2S. The van der Waals surface area contributed by atoms with Crippen molar-refractivity contribution in [1.29, 1.82) is 0 Å². The number of amides is 1. The second-order valence-electron chi connectivity index (χ2n) is 5.58. The Balaban J connectivity index is 1.59. The smallest absolute Gasteiger partial charge is 0.240 e. The summed E-state index contributed by atoms with van der Waals surface area (Å²) in [4.78, 5) is 17.3. The highest BCUT2D eigenvalue weighted by atomic mass is 32.1. The van der Waals surface area contributed by atoms with Gasteiger partial charge in [-0.05, 0) is 18.1 Å². The van der Waals surface area contributed by atoms with E-state index in [1.807, 2.05) is 36.7 Å². The number of nitrogens with one attached hydrogen (secondary N) is 2. The quantitative estimate of drug-likeness (QED) is 0.790. The molecule has 1 saturated heterocycles. The number of rotatable bonds is 4. The van der Waals surface area contributed by atoms with Crippen molar-refractivity contribution in [1.82, 2.24) is 15.6 Å². The number of nitrogens with zero attached hydrogens (tertiary/aromatic N) is 1. The van der Waals surface area contributed by atoms with E-state index >= 15 is 0 Å². The van der Waals surface area contributed by atoms with E-state index in [-0.39, 0.29) is 6.54 Å². The van der Waals surface area contributed by atoms with Crippen molar-refractivity contribution in [3.05, 3.63) is 41.0 Å². The Kier molecular flexibility index (Phi) is 4.70. The lowest BCUT2D eigenvalue weighted by Crippen LogP contribution is -2.45. The first-order chi connectivity index (χ1) is 11.1. The fourth-order valence-corrected chi connectivity index (χ4v) is 3.40. The van der Waals surface area contributed by atoms with Crippen LogP contribution < -0.4 is 10.6 Å². The molecule has 122 valence electrons. The summed E-state index contributed by atoms with van der Waals surface area (Å²) in [6.45, 7) is 2.39.